The highest BCUT2D eigenvalue weighted by Crippen LogP contribution is 2.32. The maximum absolute atomic E-state index is 12.5. The Morgan fingerprint density at radius 2 is 1.38 bits per heavy atom. The molecule has 1 fully saturated rings. The molecule has 1 saturated heterocycles. The molecule has 1 aliphatic rings. The van der Waals surface area contributed by atoms with Crippen molar-refractivity contribution in [3.05, 3.63) is 66.7 Å². The first kappa shape index (κ1) is 22.4. The molecule has 2 amide bonds. The third kappa shape index (κ3) is 4.75. The highest BCUT2D eigenvalue weighted by molar-refractivity contribution is 6.17. The van der Waals surface area contributed by atoms with E-state index in [0.29, 0.717) is 12.8 Å². The number of piperazine rings is 1. The van der Waals surface area contributed by atoms with E-state index in [4.69, 9.17) is 0 Å². The van der Waals surface area contributed by atoms with Crippen LogP contribution in [0.3, 0.4) is 0 Å². The highest BCUT2D eigenvalue weighted by Gasteiger charge is 2.18. The second-order valence-corrected chi connectivity index (χ2v) is 9.32. The van der Waals surface area contributed by atoms with Crippen LogP contribution in [0.4, 0.5) is 5.69 Å². The number of rotatable bonds is 6. The van der Waals surface area contributed by atoms with E-state index in [0.717, 1.165) is 50.1 Å². The van der Waals surface area contributed by atoms with Gasteiger partial charge in [-0.25, -0.2) is 0 Å². The van der Waals surface area contributed by atoms with Gasteiger partial charge in [0.2, 0.25) is 11.8 Å². The minimum Gasteiger partial charge on any atom is -0.340 e. The minimum atomic E-state index is -0.00169. The number of carbonyl (C=O) groups excluding carboxylic acids is 2. The van der Waals surface area contributed by atoms with Crippen LogP contribution in [0.5, 0.6) is 0 Å². The summed E-state index contributed by atoms with van der Waals surface area (Å²) in [6.07, 6.45) is 2.42. The summed E-state index contributed by atoms with van der Waals surface area (Å²) in [5.41, 5.74) is 0.811. The molecule has 5 heteroatoms. The van der Waals surface area contributed by atoms with Crippen molar-refractivity contribution >= 4 is 49.8 Å². The number of likely N-dealkylation sites (N-methyl/N-ethyl adjacent to an activating group) is 1. The summed E-state index contributed by atoms with van der Waals surface area (Å²) in [6, 6.07) is 23.2. The lowest BCUT2D eigenvalue weighted by Crippen LogP contribution is -2.47. The molecular formula is C29H31N3O2. The van der Waals surface area contributed by atoms with E-state index in [1.165, 1.54) is 26.9 Å². The molecule has 0 spiro atoms. The van der Waals surface area contributed by atoms with Gasteiger partial charge in [0.1, 0.15) is 0 Å². The molecule has 1 aliphatic heterocycles. The van der Waals surface area contributed by atoms with Crippen molar-refractivity contribution in [2.75, 3.05) is 38.5 Å². The normalized spacial score (nSPS) is 14.7. The molecule has 0 saturated carbocycles. The molecule has 0 bridgehead atoms. The fraction of sp³-hybridized carbons (Fsp3) is 0.310. The van der Waals surface area contributed by atoms with Crippen molar-refractivity contribution in [1.82, 2.24) is 9.80 Å². The van der Waals surface area contributed by atoms with E-state index in [9.17, 15) is 9.59 Å². The summed E-state index contributed by atoms with van der Waals surface area (Å²) >= 11 is 0. The Morgan fingerprint density at radius 3 is 2.18 bits per heavy atom. The molecule has 5 nitrogen and oxygen atoms in total. The standard InChI is InChI=1S/C29H31N3O2/c1-31-16-18-32(19-17-31)29(34)9-5-4-8-28(33)30-23-12-15-25-22(20-23)11-14-26-24-7-3-2-6-21(24)10-13-27(25)26/h2-3,6-7,10-15,20H,4-5,8-9,16-19H2,1H3,(H,30,33). The maximum atomic E-state index is 12.5. The average molecular weight is 454 g/mol. The van der Waals surface area contributed by atoms with Gasteiger partial charge in [0.05, 0.1) is 0 Å². The predicted molar refractivity (Wildman–Crippen MR) is 140 cm³/mol. The molecule has 0 radical (unpaired) electrons. The van der Waals surface area contributed by atoms with Gasteiger partial charge in [0, 0.05) is 44.7 Å². The number of nitrogens with one attached hydrogen (secondary N) is 1. The number of unbranched alkanes of at least 4 members (excludes halogenated alkanes) is 1. The zero-order valence-electron chi connectivity index (χ0n) is 19.7. The first-order valence-electron chi connectivity index (χ1n) is 12.2. The average Bonchev–Trinajstić information content (AvgIpc) is 2.86. The van der Waals surface area contributed by atoms with Gasteiger partial charge in [-0.05, 0) is 64.3 Å². The summed E-state index contributed by atoms with van der Waals surface area (Å²) < 4.78 is 0. The van der Waals surface area contributed by atoms with Gasteiger partial charge in [0.25, 0.3) is 0 Å². The van der Waals surface area contributed by atoms with Gasteiger partial charge in [-0.3, -0.25) is 9.59 Å². The Bertz CT molecular complexity index is 1360. The zero-order chi connectivity index (χ0) is 23.5. The molecule has 1 N–H and O–H groups in total. The lowest BCUT2D eigenvalue weighted by Gasteiger charge is -2.32. The summed E-state index contributed by atoms with van der Waals surface area (Å²) in [6.45, 7) is 3.49. The molecule has 0 atom stereocenters. The number of fused-ring (bicyclic) bond motifs is 5. The Kier molecular flexibility index (Phi) is 6.45. The summed E-state index contributed by atoms with van der Waals surface area (Å²) in [5.74, 6) is 0.209. The Balaban J connectivity index is 1.18. The van der Waals surface area contributed by atoms with Crippen LogP contribution in [0.2, 0.25) is 0 Å². The SMILES string of the molecule is CN1CCN(C(=O)CCCCC(=O)Nc2ccc3c(ccc4c5ccccc5ccc34)c2)CC1. The first-order valence-corrected chi connectivity index (χ1v) is 12.2. The van der Waals surface area contributed by atoms with E-state index >= 15 is 0 Å². The summed E-state index contributed by atoms with van der Waals surface area (Å²) in [7, 11) is 2.08. The Morgan fingerprint density at radius 1 is 0.735 bits per heavy atom. The maximum Gasteiger partial charge on any atom is 0.224 e. The first-order chi connectivity index (χ1) is 16.6. The van der Waals surface area contributed by atoms with Crippen LogP contribution in [0.1, 0.15) is 25.7 Å². The van der Waals surface area contributed by atoms with Crippen molar-refractivity contribution in [3.8, 4) is 0 Å². The monoisotopic (exact) mass is 453 g/mol. The zero-order valence-corrected chi connectivity index (χ0v) is 19.7. The largest absolute Gasteiger partial charge is 0.340 e. The van der Waals surface area contributed by atoms with Crippen LogP contribution < -0.4 is 5.32 Å². The fourth-order valence-electron chi connectivity index (χ4n) is 4.91. The van der Waals surface area contributed by atoms with Crippen molar-refractivity contribution < 1.29 is 9.59 Å². The fourth-order valence-corrected chi connectivity index (χ4v) is 4.91. The van der Waals surface area contributed by atoms with E-state index in [2.05, 4.69) is 71.9 Å². The van der Waals surface area contributed by atoms with Gasteiger partial charge in [-0.15, -0.1) is 0 Å². The lowest BCUT2D eigenvalue weighted by molar-refractivity contribution is -0.133. The quantitative estimate of drug-likeness (QED) is 0.313. The van der Waals surface area contributed by atoms with Gasteiger partial charge in [-0.1, -0.05) is 54.6 Å². The van der Waals surface area contributed by atoms with Gasteiger partial charge < -0.3 is 15.1 Å². The number of hydrogen-bond donors (Lipinski definition) is 1. The van der Waals surface area contributed by atoms with Gasteiger partial charge in [0.15, 0.2) is 0 Å². The number of anilines is 1. The van der Waals surface area contributed by atoms with E-state index in [1.54, 1.807) is 0 Å². The molecule has 4 aromatic rings. The highest BCUT2D eigenvalue weighted by atomic mass is 16.2. The van der Waals surface area contributed by atoms with Crippen LogP contribution in [-0.4, -0.2) is 54.8 Å². The number of nitrogens with zero attached hydrogens (tertiary/aromatic N) is 2. The van der Waals surface area contributed by atoms with Crippen LogP contribution >= 0.6 is 0 Å². The third-order valence-corrected chi connectivity index (χ3v) is 6.93. The van der Waals surface area contributed by atoms with Gasteiger partial charge in [-0.2, -0.15) is 0 Å². The van der Waals surface area contributed by atoms with E-state index in [-0.39, 0.29) is 11.8 Å². The van der Waals surface area contributed by atoms with Crippen LogP contribution in [-0.2, 0) is 9.59 Å². The molecule has 4 aromatic carbocycles. The molecule has 0 aliphatic carbocycles. The molecular weight excluding hydrogens is 422 g/mol. The van der Waals surface area contributed by atoms with Crippen LogP contribution in [0, 0.1) is 0 Å². The smallest absolute Gasteiger partial charge is 0.224 e. The van der Waals surface area contributed by atoms with Crippen LogP contribution in [0.25, 0.3) is 32.3 Å². The number of amides is 2. The van der Waals surface area contributed by atoms with Crippen molar-refractivity contribution in [3.63, 3.8) is 0 Å². The lowest BCUT2D eigenvalue weighted by atomic mass is 9.97. The minimum absolute atomic E-state index is 0.00169. The van der Waals surface area contributed by atoms with Gasteiger partial charge >= 0.3 is 0 Å². The molecule has 5 rings (SSSR count). The second kappa shape index (κ2) is 9.82. The van der Waals surface area contributed by atoms with Crippen molar-refractivity contribution in [1.29, 1.82) is 0 Å². The van der Waals surface area contributed by atoms with Crippen LogP contribution in [0.15, 0.2) is 66.7 Å². The molecule has 0 aromatic heterocycles. The predicted octanol–water partition coefficient (Wildman–Crippen LogP) is 5.42. The van der Waals surface area contributed by atoms with E-state index < -0.39 is 0 Å². The topological polar surface area (TPSA) is 52.7 Å². The number of carbonyl (C=O) groups is 2. The van der Waals surface area contributed by atoms with Crippen molar-refractivity contribution in [2.45, 2.75) is 25.7 Å². The summed E-state index contributed by atoms with van der Waals surface area (Å²) in [4.78, 5) is 29.0. The van der Waals surface area contributed by atoms with E-state index in [1.807, 2.05) is 17.0 Å². The molecule has 1 heterocycles. The molecule has 0 unspecified atom stereocenters. The number of hydrogen-bond acceptors (Lipinski definition) is 3. The second-order valence-electron chi connectivity index (χ2n) is 9.32. The Hall–Kier alpha value is -3.44. The third-order valence-electron chi connectivity index (χ3n) is 6.93. The van der Waals surface area contributed by atoms with Crippen molar-refractivity contribution in [2.24, 2.45) is 0 Å². The molecule has 34 heavy (non-hydrogen) atoms. The number of benzene rings is 4. The molecule has 174 valence electrons. The Labute approximate surface area is 200 Å². The summed E-state index contributed by atoms with van der Waals surface area (Å²) in [5, 5.41) is 10.3.